The van der Waals surface area contributed by atoms with Gasteiger partial charge >= 0.3 is 0 Å². The van der Waals surface area contributed by atoms with Crippen LogP contribution in [0.1, 0.15) is 34.6 Å². The number of hydrogen-bond donors (Lipinski definition) is 0. The summed E-state index contributed by atoms with van der Waals surface area (Å²) >= 11 is 0. The molecule has 0 N–H and O–H groups in total. The molecule has 3 heteroatoms. The van der Waals surface area contributed by atoms with Crippen LogP contribution in [0.5, 0.6) is 5.88 Å². The summed E-state index contributed by atoms with van der Waals surface area (Å²) in [5.41, 5.74) is 0.0272. The van der Waals surface area contributed by atoms with Gasteiger partial charge in [0, 0.05) is 12.3 Å². The van der Waals surface area contributed by atoms with Crippen molar-refractivity contribution < 1.29 is 4.74 Å². The molecule has 0 amide bonds. The van der Waals surface area contributed by atoms with E-state index in [1.165, 1.54) is 0 Å². The fourth-order valence-electron chi connectivity index (χ4n) is 1.01. The maximum atomic E-state index is 5.51. The average molecular weight is 196 g/mol. The molecule has 80 valence electrons. The van der Waals surface area contributed by atoms with Crippen LogP contribution in [0, 0.1) is 5.92 Å². The minimum absolute atomic E-state index is 0.0272. The maximum absolute atomic E-state index is 5.51. The normalized spacial score (nSPS) is 12.1. The third-order valence-corrected chi connectivity index (χ3v) is 1.82. The molecule has 0 aliphatic rings. The smallest absolute Gasteiger partial charge is 0.232 e. The summed E-state index contributed by atoms with van der Waals surface area (Å²) in [7, 11) is 0. The first-order chi connectivity index (χ1) is 6.39. The van der Waals surface area contributed by atoms with Crippen LogP contribution in [0.4, 0.5) is 0 Å². The molecule has 0 fully saturated rings. The van der Waals surface area contributed by atoms with Crippen molar-refractivity contribution in [3.8, 4) is 5.88 Å². The molecule has 1 heterocycles. The lowest BCUT2D eigenvalue weighted by Crippen LogP contribution is -2.22. The van der Waals surface area contributed by atoms with Crippen molar-refractivity contribution in [2.45, 2.75) is 40.2 Å². The lowest BCUT2D eigenvalue weighted by molar-refractivity contribution is 0.251. The van der Waals surface area contributed by atoms with Gasteiger partial charge in [-0.3, -0.25) is 4.68 Å². The Morgan fingerprint density at radius 3 is 2.50 bits per heavy atom. The van der Waals surface area contributed by atoms with Gasteiger partial charge in [0.05, 0.1) is 12.1 Å². The van der Waals surface area contributed by atoms with Crippen LogP contribution in [-0.4, -0.2) is 16.4 Å². The van der Waals surface area contributed by atoms with Crippen LogP contribution in [0.25, 0.3) is 0 Å². The molecule has 0 radical (unpaired) electrons. The number of aromatic nitrogens is 2. The number of rotatable bonds is 3. The molecule has 0 atom stereocenters. The standard InChI is InChI=1S/C11H20N2O/c1-9(2)8-14-10-6-7-13(12-10)11(3,4)5/h6-7,9H,8H2,1-5H3. The van der Waals surface area contributed by atoms with Gasteiger partial charge in [0.25, 0.3) is 0 Å². The largest absolute Gasteiger partial charge is 0.476 e. The average Bonchev–Trinajstić information content (AvgIpc) is 2.47. The molecule has 0 bridgehead atoms. The maximum Gasteiger partial charge on any atom is 0.232 e. The second-order valence-corrected chi connectivity index (χ2v) is 4.97. The van der Waals surface area contributed by atoms with E-state index in [1.807, 2.05) is 16.9 Å². The number of ether oxygens (including phenoxy) is 1. The van der Waals surface area contributed by atoms with Crippen LogP contribution >= 0.6 is 0 Å². The van der Waals surface area contributed by atoms with Gasteiger partial charge in [-0.2, -0.15) is 0 Å². The van der Waals surface area contributed by atoms with Crippen molar-refractivity contribution >= 4 is 0 Å². The van der Waals surface area contributed by atoms with E-state index < -0.39 is 0 Å². The Labute approximate surface area is 86.1 Å². The third-order valence-electron chi connectivity index (χ3n) is 1.82. The van der Waals surface area contributed by atoms with E-state index in [1.54, 1.807) is 0 Å². The summed E-state index contributed by atoms with van der Waals surface area (Å²) in [6.45, 7) is 11.3. The lowest BCUT2D eigenvalue weighted by Gasteiger charge is -2.18. The molecule has 1 aromatic heterocycles. The molecule has 0 aromatic carbocycles. The van der Waals surface area contributed by atoms with Crippen LogP contribution in [0.2, 0.25) is 0 Å². The van der Waals surface area contributed by atoms with Crippen molar-refractivity contribution in [2.24, 2.45) is 5.92 Å². The topological polar surface area (TPSA) is 27.1 Å². The summed E-state index contributed by atoms with van der Waals surface area (Å²) in [5, 5.41) is 4.35. The van der Waals surface area contributed by atoms with Crippen molar-refractivity contribution in [3.05, 3.63) is 12.3 Å². The van der Waals surface area contributed by atoms with E-state index in [0.717, 1.165) is 6.61 Å². The van der Waals surface area contributed by atoms with Gasteiger partial charge in [0.15, 0.2) is 0 Å². The molecular formula is C11H20N2O. The highest BCUT2D eigenvalue weighted by molar-refractivity contribution is 5.06. The van der Waals surface area contributed by atoms with E-state index >= 15 is 0 Å². The van der Waals surface area contributed by atoms with Gasteiger partial charge in [0.1, 0.15) is 0 Å². The molecule has 1 aromatic rings. The van der Waals surface area contributed by atoms with E-state index in [2.05, 4.69) is 39.7 Å². The molecule has 0 saturated carbocycles. The molecule has 3 nitrogen and oxygen atoms in total. The van der Waals surface area contributed by atoms with E-state index in [-0.39, 0.29) is 5.54 Å². The van der Waals surface area contributed by atoms with Gasteiger partial charge in [-0.15, -0.1) is 5.10 Å². The summed E-state index contributed by atoms with van der Waals surface area (Å²) < 4.78 is 7.43. The van der Waals surface area contributed by atoms with E-state index in [0.29, 0.717) is 11.8 Å². The second kappa shape index (κ2) is 4.03. The quantitative estimate of drug-likeness (QED) is 0.743. The summed E-state index contributed by atoms with van der Waals surface area (Å²) in [6.07, 6.45) is 1.95. The zero-order chi connectivity index (χ0) is 10.8. The molecular weight excluding hydrogens is 176 g/mol. The Balaban J connectivity index is 2.60. The highest BCUT2D eigenvalue weighted by Crippen LogP contribution is 2.16. The minimum atomic E-state index is 0.0272. The van der Waals surface area contributed by atoms with Gasteiger partial charge in [0.2, 0.25) is 5.88 Å². The highest BCUT2D eigenvalue weighted by atomic mass is 16.5. The molecule has 14 heavy (non-hydrogen) atoms. The first kappa shape index (κ1) is 11.1. The minimum Gasteiger partial charge on any atom is -0.476 e. The first-order valence-corrected chi connectivity index (χ1v) is 5.08. The molecule has 1 rings (SSSR count). The predicted molar refractivity (Wildman–Crippen MR) is 57.6 cm³/mol. The Kier molecular flexibility index (Phi) is 3.19. The fourth-order valence-corrected chi connectivity index (χ4v) is 1.01. The van der Waals surface area contributed by atoms with E-state index in [9.17, 15) is 0 Å². The molecule has 0 unspecified atom stereocenters. The van der Waals surface area contributed by atoms with Crippen LogP contribution < -0.4 is 4.74 Å². The molecule has 0 aliphatic carbocycles. The third kappa shape index (κ3) is 3.05. The molecule has 0 saturated heterocycles. The van der Waals surface area contributed by atoms with Crippen molar-refractivity contribution in [1.82, 2.24) is 9.78 Å². The summed E-state index contributed by atoms with van der Waals surface area (Å²) in [5.74, 6) is 1.25. The van der Waals surface area contributed by atoms with Gasteiger partial charge in [-0.05, 0) is 26.7 Å². The number of hydrogen-bond acceptors (Lipinski definition) is 2. The monoisotopic (exact) mass is 196 g/mol. The SMILES string of the molecule is CC(C)COc1ccn(C(C)(C)C)n1. The Morgan fingerprint density at radius 2 is 2.07 bits per heavy atom. The highest BCUT2D eigenvalue weighted by Gasteiger charge is 2.14. The Hall–Kier alpha value is -0.990. The van der Waals surface area contributed by atoms with Crippen LogP contribution in [0.3, 0.4) is 0 Å². The Morgan fingerprint density at radius 1 is 1.43 bits per heavy atom. The molecule has 0 spiro atoms. The predicted octanol–water partition coefficient (Wildman–Crippen LogP) is 2.67. The zero-order valence-corrected chi connectivity index (χ0v) is 9.74. The lowest BCUT2D eigenvalue weighted by atomic mass is 10.1. The van der Waals surface area contributed by atoms with Crippen molar-refractivity contribution in [3.63, 3.8) is 0 Å². The second-order valence-electron chi connectivity index (χ2n) is 4.97. The van der Waals surface area contributed by atoms with Crippen LogP contribution in [0.15, 0.2) is 12.3 Å². The van der Waals surface area contributed by atoms with Crippen molar-refractivity contribution in [1.29, 1.82) is 0 Å². The van der Waals surface area contributed by atoms with Crippen molar-refractivity contribution in [2.75, 3.05) is 6.61 Å². The zero-order valence-electron chi connectivity index (χ0n) is 9.74. The molecule has 0 aliphatic heterocycles. The summed E-state index contributed by atoms with van der Waals surface area (Å²) in [6, 6.07) is 1.91. The summed E-state index contributed by atoms with van der Waals surface area (Å²) in [4.78, 5) is 0. The number of nitrogens with zero attached hydrogens (tertiary/aromatic N) is 2. The van der Waals surface area contributed by atoms with Gasteiger partial charge in [-0.25, -0.2) is 0 Å². The van der Waals surface area contributed by atoms with E-state index in [4.69, 9.17) is 4.74 Å². The first-order valence-electron chi connectivity index (χ1n) is 5.08. The fraction of sp³-hybridized carbons (Fsp3) is 0.727. The van der Waals surface area contributed by atoms with Crippen LogP contribution in [-0.2, 0) is 5.54 Å². The Bertz CT molecular complexity index is 284. The van der Waals surface area contributed by atoms with Gasteiger partial charge in [-0.1, -0.05) is 13.8 Å². The van der Waals surface area contributed by atoms with Gasteiger partial charge < -0.3 is 4.74 Å².